The van der Waals surface area contributed by atoms with Gasteiger partial charge in [0.1, 0.15) is 0 Å². The Labute approximate surface area is 77.1 Å². The van der Waals surface area contributed by atoms with Crippen molar-refractivity contribution >= 4 is 0 Å². The highest BCUT2D eigenvalue weighted by Crippen LogP contribution is 2.41. The minimum Gasteiger partial charge on any atom is -0.0991 e. The molecule has 0 heteroatoms. The number of allylic oxidation sites excluding steroid dienone is 1. The highest BCUT2D eigenvalue weighted by atomic mass is 14.3. The molecule has 1 saturated carbocycles. The molecule has 0 aromatic rings. The first-order valence-electron chi connectivity index (χ1n) is 5.10. The van der Waals surface area contributed by atoms with E-state index in [2.05, 4.69) is 34.3 Å². The molecule has 2 unspecified atom stereocenters. The van der Waals surface area contributed by atoms with Gasteiger partial charge in [0.15, 0.2) is 0 Å². The van der Waals surface area contributed by atoms with E-state index in [0.29, 0.717) is 5.41 Å². The van der Waals surface area contributed by atoms with Crippen LogP contribution in [0.15, 0.2) is 12.2 Å². The van der Waals surface area contributed by atoms with E-state index in [1.807, 2.05) is 0 Å². The van der Waals surface area contributed by atoms with E-state index >= 15 is 0 Å². The van der Waals surface area contributed by atoms with Crippen LogP contribution in [0.5, 0.6) is 0 Å². The molecule has 0 amide bonds. The van der Waals surface area contributed by atoms with Crippen LogP contribution in [0, 0.1) is 17.3 Å². The molecule has 0 saturated heterocycles. The van der Waals surface area contributed by atoms with Gasteiger partial charge in [0.2, 0.25) is 0 Å². The van der Waals surface area contributed by atoms with Crippen molar-refractivity contribution in [3.05, 3.63) is 12.2 Å². The molecule has 0 heterocycles. The van der Waals surface area contributed by atoms with E-state index in [9.17, 15) is 0 Å². The molecular formula is C12H22. The molecular weight excluding hydrogens is 144 g/mol. The molecule has 1 fully saturated rings. The van der Waals surface area contributed by atoms with Gasteiger partial charge < -0.3 is 0 Å². The Morgan fingerprint density at radius 3 is 2.17 bits per heavy atom. The first kappa shape index (κ1) is 9.83. The van der Waals surface area contributed by atoms with Gasteiger partial charge in [-0.05, 0) is 30.1 Å². The zero-order valence-corrected chi connectivity index (χ0v) is 8.98. The van der Waals surface area contributed by atoms with Crippen LogP contribution in [0.4, 0.5) is 0 Å². The topological polar surface area (TPSA) is 0 Å². The summed E-state index contributed by atoms with van der Waals surface area (Å²) in [4.78, 5) is 0. The van der Waals surface area contributed by atoms with Crippen molar-refractivity contribution < 1.29 is 0 Å². The Morgan fingerprint density at radius 1 is 1.25 bits per heavy atom. The summed E-state index contributed by atoms with van der Waals surface area (Å²) in [5.41, 5.74) is 1.78. The largest absolute Gasteiger partial charge is 0.0991 e. The first-order chi connectivity index (χ1) is 5.41. The summed E-state index contributed by atoms with van der Waals surface area (Å²) >= 11 is 0. The van der Waals surface area contributed by atoms with E-state index in [-0.39, 0.29) is 0 Å². The van der Waals surface area contributed by atoms with Gasteiger partial charge in [-0.25, -0.2) is 0 Å². The van der Waals surface area contributed by atoms with Crippen LogP contribution in [0.1, 0.15) is 47.0 Å². The van der Waals surface area contributed by atoms with E-state index in [4.69, 9.17) is 0 Å². The second kappa shape index (κ2) is 3.24. The monoisotopic (exact) mass is 166 g/mol. The molecule has 0 spiro atoms. The number of hydrogen-bond donors (Lipinski definition) is 0. The minimum atomic E-state index is 0.314. The van der Waals surface area contributed by atoms with Gasteiger partial charge in [-0.2, -0.15) is 0 Å². The molecule has 0 radical (unpaired) electrons. The fourth-order valence-electron chi connectivity index (χ4n) is 2.14. The molecule has 0 aliphatic heterocycles. The molecule has 1 rings (SSSR count). The van der Waals surface area contributed by atoms with Crippen molar-refractivity contribution in [3.63, 3.8) is 0 Å². The second-order valence-electron chi connectivity index (χ2n) is 5.39. The van der Waals surface area contributed by atoms with Gasteiger partial charge in [0, 0.05) is 0 Å². The lowest BCUT2D eigenvalue weighted by Gasteiger charge is -2.27. The van der Waals surface area contributed by atoms with Gasteiger partial charge in [0.25, 0.3) is 0 Å². The zero-order valence-electron chi connectivity index (χ0n) is 8.98. The summed E-state index contributed by atoms with van der Waals surface area (Å²) in [6.45, 7) is 13.4. The van der Waals surface area contributed by atoms with Crippen LogP contribution >= 0.6 is 0 Å². The molecule has 2 atom stereocenters. The fourth-order valence-corrected chi connectivity index (χ4v) is 2.14. The van der Waals surface area contributed by atoms with Gasteiger partial charge in [-0.3, -0.25) is 0 Å². The summed E-state index contributed by atoms with van der Waals surface area (Å²) < 4.78 is 0. The van der Waals surface area contributed by atoms with Crippen LogP contribution in [-0.2, 0) is 0 Å². The van der Waals surface area contributed by atoms with Crippen molar-refractivity contribution in [2.75, 3.05) is 0 Å². The van der Waals surface area contributed by atoms with Crippen molar-refractivity contribution in [1.29, 1.82) is 0 Å². The van der Waals surface area contributed by atoms with Crippen molar-refractivity contribution in [1.82, 2.24) is 0 Å². The Kier molecular flexibility index (Phi) is 2.65. The highest BCUT2D eigenvalue weighted by molar-refractivity contribution is 5.11. The van der Waals surface area contributed by atoms with Crippen LogP contribution in [-0.4, -0.2) is 0 Å². The van der Waals surface area contributed by atoms with E-state index in [1.165, 1.54) is 24.8 Å². The van der Waals surface area contributed by atoms with Crippen molar-refractivity contribution in [3.8, 4) is 0 Å². The van der Waals surface area contributed by atoms with E-state index < -0.39 is 0 Å². The molecule has 0 aromatic carbocycles. The summed E-state index contributed by atoms with van der Waals surface area (Å²) in [7, 11) is 0. The standard InChI is InChI=1S/C12H22/c1-9-6-7-11(8-9)10(2)12(3,4)5/h9,11H,2,6-8H2,1,3-5H3. The van der Waals surface area contributed by atoms with Crippen LogP contribution < -0.4 is 0 Å². The van der Waals surface area contributed by atoms with Gasteiger partial charge in [-0.1, -0.05) is 46.3 Å². The fraction of sp³-hybridized carbons (Fsp3) is 0.833. The lowest BCUT2D eigenvalue weighted by molar-refractivity contribution is 0.420. The predicted octanol–water partition coefficient (Wildman–Crippen LogP) is 4.02. The molecule has 12 heavy (non-hydrogen) atoms. The summed E-state index contributed by atoms with van der Waals surface area (Å²) in [5, 5.41) is 0. The molecule has 0 bridgehead atoms. The zero-order chi connectivity index (χ0) is 9.35. The SMILES string of the molecule is C=C(C1CCC(C)C1)C(C)(C)C. The summed E-state index contributed by atoms with van der Waals surface area (Å²) in [6, 6.07) is 0. The van der Waals surface area contributed by atoms with Crippen LogP contribution in [0.25, 0.3) is 0 Å². The quantitative estimate of drug-likeness (QED) is 0.516. The molecule has 1 aliphatic rings. The Balaban J connectivity index is 2.55. The van der Waals surface area contributed by atoms with Gasteiger partial charge in [0.05, 0.1) is 0 Å². The van der Waals surface area contributed by atoms with Gasteiger partial charge in [-0.15, -0.1) is 0 Å². The molecule has 0 aromatic heterocycles. The smallest absolute Gasteiger partial charge is 0.0173 e. The van der Waals surface area contributed by atoms with Crippen LogP contribution in [0.3, 0.4) is 0 Å². The lowest BCUT2D eigenvalue weighted by atomic mass is 9.79. The maximum Gasteiger partial charge on any atom is -0.0173 e. The van der Waals surface area contributed by atoms with Gasteiger partial charge >= 0.3 is 0 Å². The number of rotatable bonds is 1. The average molecular weight is 166 g/mol. The summed E-state index contributed by atoms with van der Waals surface area (Å²) in [6.07, 6.45) is 4.15. The third-order valence-corrected chi connectivity index (χ3v) is 3.15. The molecule has 0 N–H and O–H groups in total. The Bertz CT molecular complexity index is 171. The predicted molar refractivity (Wildman–Crippen MR) is 55.1 cm³/mol. The van der Waals surface area contributed by atoms with E-state index in [0.717, 1.165) is 11.8 Å². The van der Waals surface area contributed by atoms with E-state index in [1.54, 1.807) is 0 Å². The maximum atomic E-state index is 4.24. The third kappa shape index (κ3) is 2.12. The first-order valence-corrected chi connectivity index (χ1v) is 5.10. The van der Waals surface area contributed by atoms with Crippen LogP contribution in [0.2, 0.25) is 0 Å². The third-order valence-electron chi connectivity index (χ3n) is 3.15. The molecule has 70 valence electrons. The average Bonchev–Trinajstić information content (AvgIpc) is 2.32. The highest BCUT2D eigenvalue weighted by Gasteiger charge is 2.28. The second-order valence-corrected chi connectivity index (χ2v) is 5.39. The van der Waals surface area contributed by atoms with Crippen molar-refractivity contribution in [2.24, 2.45) is 17.3 Å². The molecule has 0 nitrogen and oxygen atoms in total. The maximum absolute atomic E-state index is 4.24. The normalized spacial score (nSPS) is 30.7. The molecule has 1 aliphatic carbocycles. The number of hydrogen-bond acceptors (Lipinski definition) is 0. The minimum absolute atomic E-state index is 0.314. The van der Waals surface area contributed by atoms with Crippen molar-refractivity contribution in [2.45, 2.75) is 47.0 Å². The Hall–Kier alpha value is -0.260. The Morgan fingerprint density at radius 2 is 1.83 bits per heavy atom. The summed E-state index contributed by atoms with van der Waals surface area (Å²) in [5.74, 6) is 1.73. The lowest BCUT2D eigenvalue weighted by Crippen LogP contribution is -2.15.